The van der Waals surface area contributed by atoms with E-state index in [0.717, 1.165) is 36.2 Å². The van der Waals surface area contributed by atoms with Crippen LogP contribution in [-0.2, 0) is 0 Å². The maximum atomic E-state index is 12.7. The quantitative estimate of drug-likeness (QED) is 0.581. The summed E-state index contributed by atoms with van der Waals surface area (Å²) in [5.74, 6) is 0.999. The molecule has 30 heavy (non-hydrogen) atoms. The Morgan fingerprint density at radius 2 is 1.63 bits per heavy atom. The number of rotatable bonds is 6. The maximum absolute atomic E-state index is 12.7. The maximum Gasteiger partial charge on any atom is 0.255 e. The van der Waals surface area contributed by atoms with E-state index in [2.05, 4.69) is 35.1 Å². The Bertz CT molecular complexity index is 873. The van der Waals surface area contributed by atoms with Crippen molar-refractivity contribution in [2.24, 2.45) is 5.92 Å². The molecule has 0 saturated carbocycles. The van der Waals surface area contributed by atoms with Crippen LogP contribution in [-0.4, -0.2) is 36.4 Å². The van der Waals surface area contributed by atoms with E-state index in [4.69, 9.17) is 4.74 Å². The van der Waals surface area contributed by atoms with Crippen molar-refractivity contribution in [1.82, 2.24) is 4.90 Å². The molecular formula is C24H29BrN2O3. The average Bonchev–Trinajstić information content (AvgIpc) is 3.02. The molecule has 1 heterocycles. The lowest BCUT2D eigenvalue weighted by Crippen LogP contribution is -2.31. The van der Waals surface area contributed by atoms with Crippen LogP contribution in [0.4, 0.5) is 5.69 Å². The van der Waals surface area contributed by atoms with Gasteiger partial charge in [-0.1, -0.05) is 26.7 Å². The molecule has 6 heteroatoms. The SMILES string of the molecule is CC(C)COc1ccc(C(=O)Nc2ccc(C(=O)N3CCCCCC3)cc2)cc1Br. The topological polar surface area (TPSA) is 58.6 Å². The molecule has 1 aliphatic heterocycles. The van der Waals surface area contributed by atoms with Gasteiger partial charge >= 0.3 is 0 Å². The third-order valence-electron chi connectivity index (χ3n) is 5.05. The molecule has 0 unspecified atom stereocenters. The van der Waals surface area contributed by atoms with Gasteiger partial charge in [-0.2, -0.15) is 0 Å². The van der Waals surface area contributed by atoms with Crippen molar-refractivity contribution in [1.29, 1.82) is 0 Å². The smallest absolute Gasteiger partial charge is 0.255 e. The fourth-order valence-corrected chi connectivity index (χ4v) is 3.86. The molecule has 2 amide bonds. The highest BCUT2D eigenvalue weighted by Crippen LogP contribution is 2.27. The van der Waals surface area contributed by atoms with Gasteiger partial charge in [-0.3, -0.25) is 9.59 Å². The second kappa shape index (κ2) is 10.6. The zero-order valence-electron chi connectivity index (χ0n) is 17.6. The molecule has 0 aromatic heterocycles. The van der Waals surface area contributed by atoms with E-state index < -0.39 is 0 Å². The third-order valence-corrected chi connectivity index (χ3v) is 5.67. The van der Waals surface area contributed by atoms with Gasteiger partial charge in [-0.15, -0.1) is 0 Å². The van der Waals surface area contributed by atoms with E-state index in [-0.39, 0.29) is 11.8 Å². The molecule has 0 aliphatic carbocycles. The molecule has 1 saturated heterocycles. The van der Waals surface area contributed by atoms with Gasteiger partial charge in [0.1, 0.15) is 5.75 Å². The summed E-state index contributed by atoms with van der Waals surface area (Å²) < 4.78 is 6.47. The molecule has 3 rings (SSSR count). The molecule has 0 bridgehead atoms. The Balaban J connectivity index is 1.61. The minimum atomic E-state index is -0.210. The van der Waals surface area contributed by atoms with E-state index in [1.165, 1.54) is 12.8 Å². The lowest BCUT2D eigenvalue weighted by atomic mass is 10.1. The van der Waals surface area contributed by atoms with Crippen LogP contribution in [0.1, 0.15) is 60.2 Å². The summed E-state index contributed by atoms with van der Waals surface area (Å²) in [4.78, 5) is 27.2. The van der Waals surface area contributed by atoms with E-state index in [0.29, 0.717) is 29.3 Å². The van der Waals surface area contributed by atoms with Crippen LogP contribution in [0.25, 0.3) is 0 Å². The number of hydrogen-bond acceptors (Lipinski definition) is 3. The van der Waals surface area contributed by atoms with E-state index >= 15 is 0 Å². The summed E-state index contributed by atoms with van der Waals surface area (Å²) in [6.45, 7) is 6.43. The normalized spacial score (nSPS) is 14.3. The van der Waals surface area contributed by atoms with Crippen LogP contribution in [0.3, 0.4) is 0 Å². The molecule has 2 aromatic carbocycles. The van der Waals surface area contributed by atoms with Gasteiger partial charge in [0.15, 0.2) is 0 Å². The van der Waals surface area contributed by atoms with Gasteiger partial charge in [-0.25, -0.2) is 0 Å². The van der Waals surface area contributed by atoms with Crippen molar-refractivity contribution in [3.05, 3.63) is 58.1 Å². The zero-order chi connectivity index (χ0) is 21.5. The molecule has 0 spiro atoms. The minimum Gasteiger partial charge on any atom is -0.492 e. The monoisotopic (exact) mass is 472 g/mol. The number of benzene rings is 2. The summed E-state index contributed by atoms with van der Waals surface area (Å²) in [5, 5.41) is 2.89. The number of carbonyl (C=O) groups excluding carboxylic acids is 2. The number of halogens is 1. The summed E-state index contributed by atoms with van der Waals surface area (Å²) in [5.41, 5.74) is 1.84. The van der Waals surface area contributed by atoms with Crippen LogP contribution < -0.4 is 10.1 Å². The van der Waals surface area contributed by atoms with Crippen LogP contribution in [0.15, 0.2) is 46.9 Å². The molecule has 5 nitrogen and oxygen atoms in total. The molecular weight excluding hydrogens is 444 g/mol. The highest BCUT2D eigenvalue weighted by atomic mass is 79.9. The molecule has 0 radical (unpaired) electrons. The Morgan fingerprint density at radius 1 is 1.00 bits per heavy atom. The van der Waals surface area contributed by atoms with Crippen LogP contribution in [0, 0.1) is 5.92 Å². The van der Waals surface area contributed by atoms with Crippen molar-refractivity contribution in [2.45, 2.75) is 39.5 Å². The molecule has 160 valence electrons. The highest BCUT2D eigenvalue weighted by Gasteiger charge is 2.17. The first kappa shape index (κ1) is 22.3. The summed E-state index contributed by atoms with van der Waals surface area (Å²) in [7, 11) is 0. The number of carbonyl (C=O) groups is 2. The zero-order valence-corrected chi connectivity index (χ0v) is 19.2. The predicted octanol–water partition coefficient (Wildman–Crippen LogP) is 5.75. The first-order valence-corrected chi connectivity index (χ1v) is 11.4. The highest BCUT2D eigenvalue weighted by molar-refractivity contribution is 9.10. The number of likely N-dealkylation sites (tertiary alicyclic amines) is 1. The first-order valence-electron chi connectivity index (χ1n) is 10.6. The fraction of sp³-hybridized carbons (Fsp3) is 0.417. The lowest BCUT2D eigenvalue weighted by Gasteiger charge is -2.20. The molecule has 1 fully saturated rings. The van der Waals surface area contributed by atoms with Crippen LogP contribution in [0.2, 0.25) is 0 Å². The summed E-state index contributed by atoms with van der Waals surface area (Å²) >= 11 is 3.47. The second-order valence-corrected chi connectivity index (χ2v) is 8.94. The largest absolute Gasteiger partial charge is 0.492 e. The summed E-state index contributed by atoms with van der Waals surface area (Å²) in [6, 6.07) is 12.4. The number of ether oxygens (including phenoxy) is 1. The van der Waals surface area contributed by atoms with Gasteiger partial charge in [0, 0.05) is 29.9 Å². The van der Waals surface area contributed by atoms with Gasteiger partial charge in [0.25, 0.3) is 11.8 Å². The van der Waals surface area contributed by atoms with Gasteiger partial charge in [0.2, 0.25) is 0 Å². The number of nitrogens with zero attached hydrogens (tertiary/aromatic N) is 1. The van der Waals surface area contributed by atoms with Crippen molar-refractivity contribution in [2.75, 3.05) is 25.0 Å². The van der Waals surface area contributed by atoms with E-state index in [1.54, 1.807) is 42.5 Å². The number of amides is 2. The Labute approximate surface area is 186 Å². The number of nitrogens with one attached hydrogen (secondary N) is 1. The van der Waals surface area contributed by atoms with Crippen molar-refractivity contribution in [3.63, 3.8) is 0 Å². The average molecular weight is 473 g/mol. The van der Waals surface area contributed by atoms with Gasteiger partial charge in [-0.05, 0) is 77.2 Å². The minimum absolute atomic E-state index is 0.0655. The number of hydrogen-bond donors (Lipinski definition) is 1. The Kier molecular flexibility index (Phi) is 7.91. The third kappa shape index (κ3) is 6.08. The van der Waals surface area contributed by atoms with E-state index in [1.807, 2.05) is 4.90 Å². The van der Waals surface area contributed by atoms with Crippen molar-refractivity contribution in [3.8, 4) is 5.75 Å². The molecule has 1 aliphatic rings. The molecule has 2 aromatic rings. The Morgan fingerprint density at radius 3 is 2.23 bits per heavy atom. The number of anilines is 1. The first-order chi connectivity index (χ1) is 14.4. The van der Waals surface area contributed by atoms with Gasteiger partial charge < -0.3 is 15.0 Å². The fourth-order valence-electron chi connectivity index (χ4n) is 3.37. The van der Waals surface area contributed by atoms with Crippen molar-refractivity contribution < 1.29 is 14.3 Å². The predicted molar refractivity (Wildman–Crippen MR) is 123 cm³/mol. The van der Waals surface area contributed by atoms with Crippen molar-refractivity contribution >= 4 is 33.4 Å². The Hall–Kier alpha value is -2.34. The lowest BCUT2D eigenvalue weighted by molar-refractivity contribution is 0.0761. The molecule has 0 atom stereocenters. The van der Waals surface area contributed by atoms with Crippen LogP contribution in [0.5, 0.6) is 5.75 Å². The van der Waals surface area contributed by atoms with Crippen LogP contribution >= 0.6 is 15.9 Å². The summed E-state index contributed by atoms with van der Waals surface area (Å²) in [6.07, 6.45) is 4.51. The molecule has 1 N–H and O–H groups in total. The van der Waals surface area contributed by atoms with E-state index in [9.17, 15) is 9.59 Å². The second-order valence-electron chi connectivity index (χ2n) is 8.09. The van der Waals surface area contributed by atoms with Gasteiger partial charge in [0.05, 0.1) is 11.1 Å². The standard InChI is InChI=1S/C24H29BrN2O3/c1-17(2)16-30-22-12-9-19(15-21(22)25)23(28)26-20-10-7-18(8-11-20)24(29)27-13-5-3-4-6-14-27/h7-12,15,17H,3-6,13-14,16H2,1-2H3,(H,26,28).